The van der Waals surface area contributed by atoms with E-state index in [9.17, 15) is 9.81 Å². The molecule has 0 fully saturated rings. The third kappa shape index (κ3) is 1.65. The molecule has 0 saturated heterocycles. The number of rotatable bonds is 4. The van der Waals surface area contributed by atoms with Gasteiger partial charge in [0.05, 0.1) is 22.6 Å². The Morgan fingerprint density at radius 3 is 2.75 bits per heavy atom. The molecule has 1 aromatic heterocycles. The highest BCUT2D eigenvalue weighted by Crippen LogP contribution is 2.22. The molecule has 6 nitrogen and oxygen atoms in total. The van der Waals surface area contributed by atoms with Crippen molar-refractivity contribution in [2.24, 2.45) is 10.6 Å². The van der Waals surface area contributed by atoms with E-state index in [1.165, 1.54) is 9.69 Å². The average molecular weight is 218 g/mol. The van der Waals surface area contributed by atoms with Gasteiger partial charge < -0.3 is 0 Å². The fourth-order valence-corrected chi connectivity index (χ4v) is 1.70. The van der Waals surface area contributed by atoms with Crippen LogP contribution in [0, 0.1) is 9.81 Å². The number of nitroso groups, excluding NO2 is 2. The van der Waals surface area contributed by atoms with Gasteiger partial charge in [-0.2, -0.15) is 0 Å². The lowest BCUT2D eigenvalue weighted by Gasteiger charge is -2.06. The number of para-hydroxylation sites is 1. The normalized spacial score (nSPS) is 10.3. The van der Waals surface area contributed by atoms with Gasteiger partial charge in [0, 0.05) is 24.2 Å². The van der Waals surface area contributed by atoms with Crippen molar-refractivity contribution in [2.75, 3.05) is 7.05 Å². The second kappa shape index (κ2) is 4.09. The van der Waals surface area contributed by atoms with Crippen LogP contribution in [0.15, 0.2) is 41.0 Å². The van der Waals surface area contributed by atoms with Crippen molar-refractivity contribution in [1.29, 1.82) is 0 Å². The molecule has 0 aliphatic rings. The van der Waals surface area contributed by atoms with Crippen LogP contribution >= 0.6 is 0 Å². The van der Waals surface area contributed by atoms with E-state index >= 15 is 0 Å². The van der Waals surface area contributed by atoms with Crippen molar-refractivity contribution >= 4 is 10.9 Å². The first-order valence-electron chi connectivity index (χ1n) is 4.73. The van der Waals surface area contributed by atoms with E-state index in [1.807, 2.05) is 18.2 Å². The smallest absolute Gasteiger partial charge is 0.0754 e. The maximum atomic E-state index is 10.6. The molecule has 0 N–H and O–H groups in total. The molecule has 82 valence electrons. The Labute approximate surface area is 91.4 Å². The highest BCUT2D eigenvalue weighted by molar-refractivity contribution is 5.83. The molecule has 0 bridgehead atoms. The fourth-order valence-electron chi connectivity index (χ4n) is 1.70. The molecule has 0 spiro atoms. The van der Waals surface area contributed by atoms with Crippen molar-refractivity contribution in [1.82, 2.24) is 9.69 Å². The lowest BCUT2D eigenvalue weighted by atomic mass is 10.2. The monoisotopic (exact) mass is 218 g/mol. The molecule has 0 amide bonds. The largest absolute Gasteiger partial charge is 0.259 e. The summed E-state index contributed by atoms with van der Waals surface area (Å²) in [4.78, 5) is 20.9. The molecule has 6 heteroatoms. The van der Waals surface area contributed by atoms with Crippen molar-refractivity contribution in [3.63, 3.8) is 0 Å². The second-order valence-corrected chi connectivity index (χ2v) is 3.50. The van der Waals surface area contributed by atoms with Gasteiger partial charge in [0.25, 0.3) is 0 Å². The van der Waals surface area contributed by atoms with Crippen LogP contribution < -0.4 is 0 Å². The minimum atomic E-state index is 0.354. The van der Waals surface area contributed by atoms with E-state index < -0.39 is 0 Å². The first-order valence-corrected chi connectivity index (χ1v) is 4.73. The van der Waals surface area contributed by atoms with E-state index in [4.69, 9.17) is 0 Å². The Hall–Kier alpha value is -2.24. The summed E-state index contributed by atoms with van der Waals surface area (Å²) in [5, 5.41) is 7.84. The number of hydrogen-bond donors (Lipinski definition) is 0. The van der Waals surface area contributed by atoms with Gasteiger partial charge in [-0.15, -0.1) is 9.81 Å². The van der Waals surface area contributed by atoms with Crippen molar-refractivity contribution in [3.05, 3.63) is 45.8 Å². The molecule has 0 aliphatic heterocycles. The molecule has 2 aromatic rings. The summed E-state index contributed by atoms with van der Waals surface area (Å²) in [7, 11) is 1.58. The summed E-state index contributed by atoms with van der Waals surface area (Å²) >= 11 is 0. The van der Waals surface area contributed by atoms with Crippen LogP contribution in [-0.2, 0) is 6.54 Å². The minimum absolute atomic E-state index is 0.354. The molecule has 0 aliphatic carbocycles. The van der Waals surface area contributed by atoms with Gasteiger partial charge in [-0.1, -0.05) is 18.2 Å². The number of aromatic nitrogens is 1. The first kappa shape index (κ1) is 10.3. The Morgan fingerprint density at radius 2 is 2.06 bits per heavy atom. The molecule has 1 aromatic carbocycles. The van der Waals surface area contributed by atoms with E-state index in [-0.39, 0.29) is 0 Å². The summed E-state index contributed by atoms with van der Waals surface area (Å²) < 4.78 is 1.25. The minimum Gasteiger partial charge on any atom is -0.259 e. The third-order valence-corrected chi connectivity index (χ3v) is 2.40. The molecular formula is C10H10N4O2. The van der Waals surface area contributed by atoms with Crippen LogP contribution in [0.3, 0.4) is 0 Å². The molecule has 0 saturated carbocycles. The Morgan fingerprint density at radius 1 is 1.31 bits per heavy atom. The highest BCUT2D eigenvalue weighted by atomic mass is 16.3. The molecule has 0 radical (unpaired) electrons. The molecule has 0 atom stereocenters. The van der Waals surface area contributed by atoms with Crippen LogP contribution in [0.5, 0.6) is 0 Å². The summed E-state index contributed by atoms with van der Waals surface area (Å²) in [6, 6.07) is 7.38. The van der Waals surface area contributed by atoms with Crippen LogP contribution in [0.2, 0.25) is 0 Å². The van der Waals surface area contributed by atoms with Gasteiger partial charge in [-0.3, -0.25) is 5.01 Å². The Balaban J connectivity index is 2.53. The van der Waals surface area contributed by atoms with Gasteiger partial charge in [-0.25, -0.2) is 4.68 Å². The highest BCUT2D eigenvalue weighted by Gasteiger charge is 2.09. The Kier molecular flexibility index (Phi) is 2.63. The molecular weight excluding hydrogens is 208 g/mol. The summed E-state index contributed by atoms with van der Waals surface area (Å²) in [6.45, 7) is 0.354. The molecule has 16 heavy (non-hydrogen) atoms. The predicted molar refractivity (Wildman–Crippen MR) is 60.4 cm³/mol. The quantitative estimate of drug-likeness (QED) is 0.584. The number of fused-ring (bicyclic) bond motifs is 1. The SMILES string of the molecule is CN(Cc1cn(N=O)c2ccccc12)N=O. The van der Waals surface area contributed by atoms with Crippen molar-refractivity contribution in [2.45, 2.75) is 6.54 Å². The maximum absolute atomic E-state index is 10.6. The van der Waals surface area contributed by atoms with Crippen molar-refractivity contribution < 1.29 is 0 Å². The summed E-state index contributed by atoms with van der Waals surface area (Å²) in [5.74, 6) is 0. The summed E-state index contributed by atoms with van der Waals surface area (Å²) in [5.41, 5.74) is 1.57. The van der Waals surface area contributed by atoms with Gasteiger partial charge in [0.1, 0.15) is 0 Å². The van der Waals surface area contributed by atoms with Gasteiger partial charge in [-0.05, 0) is 6.07 Å². The predicted octanol–water partition coefficient (Wildman–Crippen LogP) is 2.28. The van der Waals surface area contributed by atoms with Crippen LogP contribution in [-0.4, -0.2) is 16.7 Å². The van der Waals surface area contributed by atoms with Crippen LogP contribution in [0.25, 0.3) is 10.9 Å². The average Bonchev–Trinajstić information content (AvgIpc) is 2.68. The fraction of sp³-hybridized carbons (Fsp3) is 0.200. The molecule has 0 unspecified atom stereocenters. The van der Waals surface area contributed by atoms with Crippen LogP contribution in [0.4, 0.5) is 0 Å². The van der Waals surface area contributed by atoms with E-state index in [0.29, 0.717) is 6.54 Å². The summed E-state index contributed by atoms with van der Waals surface area (Å²) in [6.07, 6.45) is 1.61. The molecule has 1 heterocycles. The zero-order chi connectivity index (χ0) is 11.5. The van der Waals surface area contributed by atoms with Gasteiger partial charge in [0.15, 0.2) is 0 Å². The molecule has 2 rings (SSSR count). The van der Waals surface area contributed by atoms with E-state index in [2.05, 4.69) is 10.6 Å². The number of nitrogens with zero attached hydrogens (tertiary/aromatic N) is 4. The van der Waals surface area contributed by atoms with Gasteiger partial charge in [0.2, 0.25) is 0 Å². The third-order valence-electron chi connectivity index (χ3n) is 2.40. The first-order chi connectivity index (χ1) is 7.76. The van der Waals surface area contributed by atoms with E-state index in [0.717, 1.165) is 16.5 Å². The van der Waals surface area contributed by atoms with E-state index in [1.54, 1.807) is 19.3 Å². The maximum Gasteiger partial charge on any atom is 0.0754 e. The van der Waals surface area contributed by atoms with Gasteiger partial charge >= 0.3 is 0 Å². The lowest BCUT2D eigenvalue weighted by Crippen LogP contribution is -2.08. The standard InChI is InChI=1S/C10H10N4O2/c1-13(11-15)6-8-7-14(12-16)10-5-3-2-4-9(8)10/h2-5,7H,6H2,1H3. The number of hydrogen-bond acceptors (Lipinski definition) is 4. The topological polar surface area (TPSA) is 67.0 Å². The van der Waals surface area contributed by atoms with Crippen molar-refractivity contribution in [3.8, 4) is 0 Å². The second-order valence-electron chi connectivity index (χ2n) is 3.50. The zero-order valence-electron chi connectivity index (χ0n) is 8.70. The van der Waals surface area contributed by atoms with Crippen LogP contribution in [0.1, 0.15) is 5.56 Å². The Bertz CT molecular complexity index is 535. The lowest BCUT2D eigenvalue weighted by molar-refractivity contribution is 0.343. The zero-order valence-corrected chi connectivity index (χ0v) is 8.70. The number of benzene rings is 1.